The van der Waals surface area contributed by atoms with Gasteiger partial charge in [-0.3, -0.25) is 0 Å². The number of aryl methyl sites for hydroxylation is 1. The van der Waals surface area contributed by atoms with Crippen molar-refractivity contribution >= 4 is 16.9 Å². The van der Waals surface area contributed by atoms with E-state index in [1.807, 2.05) is 36.4 Å². The Kier molecular flexibility index (Phi) is 4.84. The van der Waals surface area contributed by atoms with E-state index in [4.69, 9.17) is 13.9 Å². The summed E-state index contributed by atoms with van der Waals surface area (Å²) in [5.74, 6) is 0.0374. The fourth-order valence-electron chi connectivity index (χ4n) is 2.70. The number of fused-ring (bicyclic) bond motifs is 1. The van der Waals surface area contributed by atoms with Crippen molar-refractivity contribution in [3.05, 3.63) is 64.5 Å². The lowest BCUT2D eigenvalue weighted by atomic mass is 10.0. The molecule has 0 aliphatic carbocycles. The molecule has 1 heterocycles. The van der Waals surface area contributed by atoms with Crippen molar-refractivity contribution in [2.45, 2.75) is 13.8 Å². The SMILES string of the molecule is CCOC(=O)COc1ccc2c(-c3ccccc3)cc(=O)oc2c1C. The molecule has 5 nitrogen and oxygen atoms in total. The molecule has 0 aliphatic rings. The molecule has 0 bridgehead atoms. The van der Waals surface area contributed by atoms with Crippen molar-refractivity contribution in [1.82, 2.24) is 0 Å². The zero-order valence-electron chi connectivity index (χ0n) is 14.1. The van der Waals surface area contributed by atoms with Crippen LogP contribution in [0.4, 0.5) is 0 Å². The van der Waals surface area contributed by atoms with Gasteiger partial charge in [0.1, 0.15) is 11.3 Å². The Bertz CT molecular complexity index is 957. The first-order chi connectivity index (χ1) is 12.1. The molecule has 0 fully saturated rings. The quantitative estimate of drug-likeness (QED) is 0.524. The van der Waals surface area contributed by atoms with Crippen LogP contribution in [0.15, 0.2) is 57.7 Å². The minimum atomic E-state index is -0.443. The Morgan fingerprint density at radius 1 is 1.12 bits per heavy atom. The summed E-state index contributed by atoms with van der Waals surface area (Å²) < 4.78 is 15.8. The summed E-state index contributed by atoms with van der Waals surface area (Å²) >= 11 is 0. The van der Waals surface area contributed by atoms with Gasteiger partial charge in [-0.05, 0) is 37.1 Å². The maximum atomic E-state index is 12.0. The summed E-state index contributed by atoms with van der Waals surface area (Å²) in [6, 6.07) is 14.7. The molecule has 0 saturated heterocycles. The molecule has 0 saturated carbocycles. The maximum absolute atomic E-state index is 12.0. The summed E-state index contributed by atoms with van der Waals surface area (Å²) in [6.45, 7) is 3.64. The molecular formula is C20H18O5. The Morgan fingerprint density at radius 2 is 1.88 bits per heavy atom. The van der Waals surface area contributed by atoms with Gasteiger partial charge in [-0.1, -0.05) is 30.3 Å². The van der Waals surface area contributed by atoms with E-state index in [0.717, 1.165) is 16.5 Å². The van der Waals surface area contributed by atoms with E-state index in [9.17, 15) is 9.59 Å². The molecule has 0 radical (unpaired) electrons. The van der Waals surface area contributed by atoms with Crippen LogP contribution in [0.2, 0.25) is 0 Å². The summed E-state index contributed by atoms with van der Waals surface area (Å²) in [5.41, 5.74) is 2.41. The topological polar surface area (TPSA) is 65.7 Å². The van der Waals surface area contributed by atoms with E-state index in [1.165, 1.54) is 6.07 Å². The molecule has 0 aliphatic heterocycles. The first-order valence-corrected chi connectivity index (χ1v) is 8.01. The number of esters is 1. The Labute approximate surface area is 144 Å². The highest BCUT2D eigenvalue weighted by Gasteiger charge is 2.14. The third-order valence-corrected chi connectivity index (χ3v) is 3.85. The normalized spacial score (nSPS) is 10.6. The van der Waals surface area contributed by atoms with E-state index in [1.54, 1.807) is 19.9 Å². The average Bonchev–Trinajstić information content (AvgIpc) is 2.62. The van der Waals surface area contributed by atoms with Gasteiger partial charge in [0.2, 0.25) is 0 Å². The van der Waals surface area contributed by atoms with Crippen molar-refractivity contribution in [2.24, 2.45) is 0 Å². The second-order valence-electron chi connectivity index (χ2n) is 5.50. The Morgan fingerprint density at radius 3 is 2.60 bits per heavy atom. The molecule has 0 N–H and O–H groups in total. The number of ether oxygens (including phenoxy) is 2. The van der Waals surface area contributed by atoms with Crippen LogP contribution in [-0.4, -0.2) is 19.2 Å². The molecule has 0 atom stereocenters. The highest BCUT2D eigenvalue weighted by molar-refractivity contribution is 5.95. The molecule has 0 spiro atoms. The lowest BCUT2D eigenvalue weighted by Crippen LogP contribution is -2.15. The van der Waals surface area contributed by atoms with Crippen molar-refractivity contribution in [3.63, 3.8) is 0 Å². The molecule has 3 rings (SSSR count). The summed E-state index contributed by atoms with van der Waals surface area (Å²) in [7, 11) is 0. The number of rotatable bonds is 5. The third-order valence-electron chi connectivity index (χ3n) is 3.85. The van der Waals surface area contributed by atoms with Gasteiger partial charge in [0.25, 0.3) is 0 Å². The standard InChI is InChI=1S/C20H18O5/c1-3-23-19(22)12-24-17-10-9-15-16(14-7-5-4-6-8-14)11-18(21)25-20(15)13(17)2/h4-11H,3,12H2,1-2H3. The van der Waals surface area contributed by atoms with Crippen molar-refractivity contribution < 1.29 is 18.7 Å². The summed E-state index contributed by atoms with van der Waals surface area (Å²) in [5, 5.41) is 0.812. The predicted octanol–water partition coefficient (Wildman–Crippen LogP) is 3.71. The molecule has 25 heavy (non-hydrogen) atoms. The molecular weight excluding hydrogens is 320 g/mol. The van der Waals surface area contributed by atoms with Gasteiger partial charge in [0, 0.05) is 17.0 Å². The van der Waals surface area contributed by atoms with Crippen LogP contribution in [0, 0.1) is 6.92 Å². The minimum absolute atomic E-state index is 0.192. The average molecular weight is 338 g/mol. The molecule has 128 valence electrons. The number of carbonyl (C=O) groups is 1. The highest BCUT2D eigenvalue weighted by atomic mass is 16.6. The van der Waals surface area contributed by atoms with Gasteiger partial charge in [-0.2, -0.15) is 0 Å². The van der Waals surface area contributed by atoms with Crippen LogP contribution >= 0.6 is 0 Å². The maximum Gasteiger partial charge on any atom is 0.344 e. The second kappa shape index (κ2) is 7.21. The zero-order valence-corrected chi connectivity index (χ0v) is 14.1. The van der Waals surface area contributed by atoms with Crippen LogP contribution in [0.25, 0.3) is 22.1 Å². The Balaban J connectivity index is 2.05. The van der Waals surface area contributed by atoms with Gasteiger partial charge in [0.05, 0.1) is 6.61 Å². The van der Waals surface area contributed by atoms with Gasteiger partial charge in [-0.15, -0.1) is 0 Å². The van der Waals surface area contributed by atoms with E-state index < -0.39 is 11.6 Å². The molecule has 5 heteroatoms. The zero-order chi connectivity index (χ0) is 17.8. The van der Waals surface area contributed by atoms with E-state index in [2.05, 4.69) is 0 Å². The summed E-state index contributed by atoms with van der Waals surface area (Å²) in [6.07, 6.45) is 0. The van der Waals surface area contributed by atoms with Gasteiger partial charge in [-0.25, -0.2) is 9.59 Å². The van der Waals surface area contributed by atoms with Crippen LogP contribution in [0.3, 0.4) is 0 Å². The first kappa shape index (κ1) is 16.8. The molecule has 0 amide bonds. The third kappa shape index (κ3) is 3.55. The molecule has 3 aromatic rings. The van der Waals surface area contributed by atoms with Crippen molar-refractivity contribution in [1.29, 1.82) is 0 Å². The number of hydrogen-bond acceptors (Lipinski definition) is 5. The number of carbonyl (C=O) groups excluding carboxylic acids is 1. The smallest absolute Gasteiger partial charge is 0.344 e. The van der Waals surface area contributed by atoms with E-state index in [0.29, 0.717) is 23.5 Å². The van der Waals surface area contributed by atoms with Crippen molar-refractivity contribution in [2.75, 3.05) is 13.2 Å². The lowest BCUT2D eigenvalue weighted by Gasteiger charge is -2.12. The molecule has 1 aromatic heterocycles. The fraction of sp³-hybridized carbons (Fsp3) is 0.200. The molecule has 0 unspecified atom stereocenters. The van der Waals surface area contributed by atoms with Crippen LogP contribution in [0.1, 0.15) is 12.5 Å². The van der Waals surface area contributed by atoms with Gasteiger partial charge >= 0.3 is 11.6 Å². The van der Waals surface area contributed by atoms with Crippen LogP contribution in [-0.2, 0) is 9.53 Å². The van der Waals surface area contributed by atoms with Gasteiger partial charge < -0.3 is 13.9 Å². The Hall–Kier alpha value is -3.08. The minimum Gasteiger partial charge on any atom is -0.481 e. The van der Waals surface area contributed by atoms with Crippen molar-refractivity contribution in [3.8, 4) is 16.9 Å². The number of hydrogen-bond donors (Lipinski definition) is 0. The van der Waals surface area contributed by atoms with Crippen LogP contribution in [0.5, 0.6) is 5.75 Å². The molecule has 2 aromatic carbocycles. The van der Waals surface area contributed by atoms with Crippen LogP contribution < -0.4 is 10.4 Å². The first-order valence-electron chi connectivity index (χ1n) is 8.01. The predicted molar refractivity (Wildman–Crippen MR) is 94.8 cm³/mol. The van der Waals surface area contributed by atoms with E-state index in [-0.39, 0.29) is 6.61 Å². The largest absolute Gasteiger partial charge is 0.481 e. The van der Waals surface area contributed by atoms with E-state index >= 15 is 0 Å². The second-order valence-corrected chi connectivity index (χ2v) is 5.50. The highest BCUT2D eigenvalue weighted by Crippen LogP contribution is 2.32. The number of benzene rings is 2. The summed E-state index contributed by atoms with van der Waals surface area (Å²) in [4.78, 5) is 23.5. The van der Waals surface area contributed by atoms with Gasteiger partial charge in [0.15, 0.2) is 6.61 Å². The monoisotopic (exact) mass is 338 g/mol. The lowest BCUT2D eigenvalue weighted by molar-refractivity contribution is -0.145. The fourth-order valence-corrected chi connectivity index (χ4v) is 2.70.